The molecule has 0 saturated carbocycles. The van der Waals surface area contributed by atoms with Gasteiger partial charge in [-0.2, -0.15) is 0 Å². The van der Waals surface area contributed by atoms with Gasteiger partial charge in [-0.25, -0.2) is 4.99 Å². The summed E-state index contributed by atoms with van der Waals surface area (Å²) in [6.45, 7) is 6.26. The minimum Gasteiger partial charge on any atom is -0.497 e. The number of nitrogens with zero attached hydrogens (tertiary/aromatic N) is 3. The van der Waals surface area contributed by atoms with Crippen LogP contribution in [0.15, 0.2) is 71.7 Å². The molecule has 1 amide bonds. The molecule has 2 heterocycles. The van der Waals surface area contributed by atoms with Crippen molar-refractivity contribution in [2.75, 3.05) is 26.7 Å². The number of carbonyl (C=O) groups is 1. The lowest BCUT2D eigenvalue weighted by Gasteiger charge is -2.41. The Kier molecular flexibility index (Phi) is 5.97. The zero-order valence-corrected chi connectivity index (χ0v) is 19.8. The molecule has 6 nitrogen and oxygen atoms in total. The van der Waals surface area contributed by atoms with E-state index in [1.807, 2.05) is 59.5 Å². The highest BCUT2D eigenvalue weighted by Gasteiger charge is 2.31. The Bertz CT molecular complexity index is 1240. The van der Waals surface area contributed by atoms with Crippen molar-refractivity contribution in [3.8, 4) is 17.2 Å². The predicted molar refractivity (Wildman–Crippen MR) is 133 cm³/mol. The number of para-hydroxylation sites is 2. The Balaban J connectivity index is 1.37. The Morgan fingerprint density at radius 1 is 1.06 bits per heavy atom. The Hall–Kier alpha value is -3.80. The van der Waals surface area contributed by atoms with E-state index in [-0.39, 0.29) is 11.9 Å². The molecule has 3 aromatic carbocycles. The van der Waals surface area contributed by atoms with Crippen LogP contribution in [0.3, 0.4) is 0 Å². The summed E-state index contributed by atoms with van der Waals surface area (Å²) in [5.74, 6) is 3.40. The first-order valence-corrected chi connectivity index (χ1v) is 11.7. The minimum atomic E-state index is 0.0647. The first-order chi connectivity index (χ1) is 16.5. The molecule has 2 aliphatic rings. The predicted octanol–water partition coefficient (Wildman–Crippen LogP) is 4.96. The number of aliphatic imine (C=N–C) groups is 1. The maximum Gasteiger partial charge on any atom is 0.227 e. The van der Waals surface area contributed by atoms with Crippen LogP contribution in [0.1, 0.15) is 23.6 Å². The highest BCUT2D eigenvalue weighted by Crippen LogP contribution is 2.38. The number of ether oxygens (including phenoxy) is 2. The first kappa shape index (κ1) is 22.0. The molecule has 2 aliphatic heterocycles. The molecule has 3 aromatic rings. The SMILES string of the molecule is COc1ccc(CC(=O)N2CCN(C3=Nc4ccccc4Oc4ccc(C)cc43)CC2C)cc1. The number of piperazine rings is 1. The number of benzene rings is 3. The fourth-order valence-corrected chi connectivity index (χ4v) is 4.62. The second-order valence-corrected chi connectivity index (χ2v) is 8.91. The molecule has 1 fully saturated rings. The number of fused-ring (bicyclic) bond motifs is 2. The molecule has 0 N–H and O–H groups in total. The number of carbonyl (C=O) groups excluding carboxylic acids is 1. The van der Waals surface area contributed by atoms with Crippen molar-refractivity contribution in [1.82, 2.24) is 9.80 Å². The number of aryl methyl sites for hydroxylation is 1. The number of methoxy groups -OCH3 is 1. The van der Waals surface area contributed by atoms with Crippen LogP contribution in [0.25, 0.3) is 0 Å². The third kappa shape index (κ3) is 4.36. The summed E-state index contributed by atoms with van der Waals surface area (Å²) in [5, 5.41) is 0. The van der Waals surface area contributed by atoms with Crippen molar-refractivity contribution in [3.63, 3.8) is 0 Å². The molecule has 6 heteroatoms. The average Bonchev–Trinajstić information content (AvgIpc) is 3.01. The van der Waals surface area contributed by atoms with Crippen LogP contribution >= 0.6 is 0 Å². The van der Waals surface area contributed by atoms with E-state index in [2.05, 4.69) is 30.9 Å². The van der Waals surface area contributed by atoms with Crippen LogP contribution in [-0.4, -0.2) is 54.3 Å². The Morgan fingerprint density at radius 3 is 2.62 bits per heavy atom. The van der Waals surface area contributed by atoms with Crippen LogP contribution < -0.4 is 9.47 Å². The molecule has 0 bridgehead atoms. The molecule has 0 radical (unpaired) electrons. The second-order valence-electron chi connectivity index (χ2n) is 8.91. The minimum absolute atomic E-state index is 0.0647. The van der Waals surface area contributed by atoms with Crippen molar-refractivity contribution in [2.45, 2.75) is 26.3 Å². The van der Waals surface area contributed by atoms with Gasteiger partial charge in [-0.15, -0.1) is 0 Å². The normalized spacial score (nSPS) is 17.1. The summed E-state index contributed by atoms with van der Waals surface area (Å²) < 4.78 is 11.5. The van der Waals surface area contributed by atoms with E-state index < -0.39 is 0 Å². The van der Waals surface area contributed by atoms with Gasteiger partial charge < -0.3 is 19.3 Å². The lowest BCUT2D eigenvalue weighted by atomic mass is 10.1. The van der Waals surface area contributed by atoms with Crippen LogP contribution in [0.2, 0.25) is 0 Å². The third-order valence-corrected chi connectivity index (χ3v) is 6.45. The summed E-state index contributed by atoms with van der Waals surface area (Å²) in [7, 11) is 1.64. The quantitative estimate of drug-likeness (QED) is 0.560. The standard InChI is InChI=1S/C28H29N3O3/c1-19-8-13-25-23(16-19)28(29-24-6-4-5-7-26(24)34-25)30-14-15-31(20(2)18-30)27(32)17-21-9-11-22(33-3)12-10-21/h4-13,16,20H,14-15,17-18H2,1-3H3. The van der Waals surface area contributed by atoms with Crippen molar-refractivity contribution in [1.29, 1.82) is 0 Å². The molecule has 5 rings (SSSR count). The van der Waals surface area contributed by atoms with Crippen LogP contribution in [0, 0.1) is 6.92 Å². The summed E-state index contributed by atoms with van der Waals surface area (Å²) in [6, 6.07) is 21.8. The summed E-state index contributed by atoms with van der Waals surface area (Å²) >= 11 is 0. The molecule has 174 valence electrons. The van der Waals surface area contributed by atoms with E-state index in [1.165, 1.54) is 0 Å². The summed E-state index contributed by atoms with van der Waals surface area (Å²) in [4.78, 5) is 22.4. The molecule has 34 heavy (non-hydrogen) atoms. The molecular formula is C28H29N3O3. The van der Waals surface area contributed by atoms with E-state index in [4.69, 9.17) is 14.5 Å². The molecule has 1 unspecified atom stereocenters. The van der Waals surface area contributed by atoms with Crippen molar-refractivity contribution in [3.05, 3.63) is 83.4 Å². The Morgan fingerprint density at radius 2 is 1.85 bits per heavy atom. The monoisotopic (exact) mass is 455 g/mol. The number of amidine groups is 1. The van der Waals surface area contributed by atoms with Gasteiger partial charge in [0.05, 0.1) is 19.1 Å². The largest absolute Gasteiger partial charge is 0.497 e. The average molecular weight is 456 g/mol. The lowest BCUT2D eigenvalue weighted by molar-refractivity contribution is -0.134. The van der Waals surface area contributed by atoms with Gasteiger partial charge in [0.1, 0.15) is 23.0 Å². The van der Waals surface area contributed by atoms with Crippen LogP contribution in [0.4, 0.5) is 5.69 Å². The van der Waals surface area contributed by atoms with Gasteiger partial charge in [-0.3, -0.25) is 4.79 Å². The number of amides is 1. The summed E-state index contributed by atoms with van der Waals surface area (Å²) in [5.41, 5.74) is 3.95. The van der Waals surface area contributed by atoms with Crippen LogP contribution in [0.5, 0.6) is 17.2 Å². The fraction of sp³-hybridized carbons (Fsp3) is 0.286. The maximum absolute atomic E-state index is 13.1. The second kappa shape index (κ2) is 9.21. The zero-order chi connectivity index (χ0) is 23.7. The zero-order valence-electron chi connectivity index (χ0n) is 19.8. The van der Waals surface area contributed by atoms with Gasteiger partial charge in [-0.05, 0) is 55.8 Å². The van der Waals surface area contributed by atoms with Crippen molar-refractivity contribution < 1.29 is 14.3 Å². The lowest BCUT2D eigenvalue weighted by Crippen LogP contribution is -2.55. The van der Waals surface area contributed by atoms with Gasteiger partial charge in [0.25, 0.3) is 0 Å². The molecular weight excluding hydrogens is 426 g/mol. The van der Waals surface area contributed by atoms with Crippen molar-refractivity contribution >= 4 is 17.4 Å². The number of rotatable bonds is 3. The highest BCUT2D eigenvalue weighted by atomic mass is 16.5. The Labute approximate surface area is 200 Å². The van der Waals surface area contributed by atoms with Gasteiger partial charge in [0.15, 0.2) is 5.75 Å². The smallest absolute Gasteiger partial charge is 0.227 e. The van der Waals surface area contributed by atoms with Gasteiger partial charge in [0, 0.05) is 25.7 Å². The van der Waals surface area contributed by atoms with Crippen LogP contribution in [-0.2, 0) is 11.2 Å². The molecule has 0 spiro atoms. The van der Waals surface area contributed by atoms with Gasteiger partial charge in [0.2, 0.25) is 5.91 Å². The maximum atomic E-state index is 13.1. The van der Waals surface area contributed by atoms with Gasteiger partial charge in [-0.1, -0.05) is 35.9 Å². The van der Waals surface area contributed by atoms with Crippen molar-refractivity contribution in [2.24, 2.45) is 4.99 Å². The fourth-order valence-electron chi connectivity index (χ4n) is 4.62. The topological polar surface area (TPSA) is 54.4 Å². The molecule has 0 aromatic heterocycles. The third-order valence-electron chi connectivity index (χ3n) is 6.45. The molecule has 1 atom stereocenters. The van der Waals surface area contributed by atoms with E-state index in [9.17, 15) is 4.79 Å². The summed E-state index contributed by atoms with van der Waals surface area (Å²) in [6.07, 6.45) is 0.387. The number of hydrogen-bond acceptors (Lipinski definition) is 5. The molecule has 0 aliphatic carbocycles. The van der Waals surface area contributed by atoms with E-state index in [0.717, 1.165) is 45.5 Å². The van der Waals surface area contributed by atoms with E-state index in [0.29, 0.717) is 26.1 Å². The highest BCUT2D eigenvalue weighted by molar-refractivity contribution is 6.04. The van der Waals surface area contributed by atoms with E-state index in [1.54, 1.807) is 7.11 Å². The first-order valence-electron chi connectivity index (χ1n) is 11.7. The van der Waals surface area contributed by atoms with E-state index >= 15 is 0 Å². The number of hydrogen-bond donors (Lipinski definition) is 0. The van der Waals surface area contributed by atoms with Gasteiger partial charge >= 0.3 is 0 Å². The molecule has 1 saturated heterocycles.